The maximum absolute atomic E-state index is 6.36. The smallest absolute Gasteiger partial charge is 0.0396 e. The second-order valence-corrected chi connectivity index (χ2v) is 6.09. The van der Waals surface area contributed by atoms with Gasteiger partial charge in [-0.05, 0) is 39.4 Å². The number of rotatable bonds is 2. The van der Waals surface area contributed by atoms with Crippen LogP contribution in [0, 0.1) is 0 Å². The Hall–Kier alpha value is -2.80. The van der Waals surface area contributed by atoms with E-state index in [1.54, 1.807) is 0 Å². The first kappa shape index (κ1) is 13.8. The molecule has 0 amide bonds. The van der Waals surface area contributed by atoms with E-state index in [0.717, 1.165) is 5.69 Å². The predicted octanol–water partition coefficient (Wildman–Crippen LogP) is 5.73. The van der Waals surface area contributed by atoms with Gasteiger partial charge in [0.2, 0.25) is 0 Å². The first-order valence-corrected chi connectivity index (χ1v) is 8.00. The monoisotopic (exact) mass is 297 g/mol. The van der Waals surface area contributed by atoms with E-state index in [1.165, 1.54) is 32.7 Å². The molecule has 112 valence electrons. The number of hydrogen-bond acceptors (Lipinski definition) is 1. The van der Waals surface area contributed by atoms with Crippen LogP contribution in [0.3, 0.4) is 0 Å². The largest absolute Gasteiger partial charge is 0.398 e. The average Bonchev–Trinajstić information content (AvgIpc) is 2.60. The van der Waals surface area contributed by atoms with Gasteiger partial charge in [-0.2, -0.15) is 0 Å². The molecule has 0 aromatic heterocycles. The lowest BCUT2D eigenvalue weighted by Crippen LogP contribution is -2.01. The minimum Gasteiger partial charge on any atom is -0.398 e. The summed E-state index contributed by atoms with van der Waals surface area (Å²) in [4.78, 5) is 0. The van der Waals surface area contributed by atoms with Gasteiger partial charge in [0.25, 0.3) is 0 Å². The summed E-state index contributed by atoms with van der Waals surface area (Å²) in [5.74, 6) is 0.287. The molecule has 1 heteroatoms. The van der Waals surface area contributed by atoms with Crippen molar-refractivity contribution in [2.24, 2.45) is 0 Å². The highest BCUT2D eigenvalue weighted by Gasteiger charge is 2.17. The third-order valence-electron chi connectivity index (χ3n) is 4.69. The van der Waals surface area contributed by atoms with Crippen LogP contribution >= 0.6 is 0 Å². The summed E-state index contributed by atoms with van der Waals surface area (Å²) in [6, 6.07) is 27.6. The number of hydrogen-bond donors (Lipinski definition) is 1. The van der Waals surface area contributed by atoms with E-state index in [9.17, 15) is 0 Å². The summed E-state index contributed by atoms with van der Waals surface area (Å²) in [6.45, 7) is 2.27. The molecule has 0 saturated carbocycles. The lowest BCUT2D eigenvalue weighted by atomic mass is 9.85. The number of benzene rings is 4. The molecule has 23 heavy (non-hydrogen) atoms. The Morgan fingerprint density at radius 1 is 0.739 bits per heavy atom. The molecule has 0 radical (unpaired) electrons. The van der Waals surface area contributed by atoms with Crippen molar-refractivity contribution < 1.29 is 0 Å². The average molecular weight is 297 g/mol. The van der Waals surface area contributed by atoms with E-state index in [2.05, 4.69) is 73.7 Å². The molecule has 0 unspecified atom stereocenters. The Balaban J connectivity index is 2.13. The van der Waals surface area contributed by atoms with Crippen LogP contribution in [0.15, 0.2) is 78.9 Å². The van der Waals surface area contributed by atoms with Crippen LogP contribution in [0.1, 0.15) is 24.0 Å². The maximum Gasteiger partial charge on any atom is 0.0396 e. The van der Waals surface area contributed by atoms with E-state index >= 15 is 0 Å². The van der Waals surface area contributed by atoms with Gasteiger partial charge < -0.3 is 5.73 Å². The molecule has 2 N–H and O–H groups in total. The zero-order valence-corrected chi connectivity index (χ0v) is 13.2. The Kier molecular flexibility index (Phi) is 3.27. The van der Waals surface area contributed by atoms with Crippen molar-refractivity contribution in [2.45, 2.75) is 12.8 Å². The fourth-order valence-electron chi connectivity index (χ4n) is 3.55. The molecule has 1 nitrogen and oxygen atoms in total. The van der Waals surface area contributed by atoms with Crippen molar-refractivity contribution in [3.05, 3.63) is 90.0 Å². The predicted molar refractivity (Wildman–Crippen MR) is 99.8 cm³/mol. The molecule has 0 aliphatic carbocycles. The van der Waals surface area contributed by atoms with E-state index in [1.807, 2.05) is 12.1 Å². The van der Waals surface area contributed by atoms with Crippen molar-refractivity contribution in [3.8, 4) is 0 Å². The highest BCUT2D eigenvalue weighted by Crippen LogP contribution is 2.39. The molecule has 0 aliphatic rings. The van der Waals surface area contributed by atoms with Crippen molar-refractivity contribution in [1.29, 1.82) is 0 Å². The zero-order valence-electron chi connectivity index (χ0n) is 13.2. The summed E-state index contributed by atoms with van der Waals surface area (Å²) >= 11 is 0. The second-order valence-electron chi connectivity index (χ2n) is 6.09. The third-order valence-corrected chi connectivity index (χ3v) is 4.69. The summed E-state index contributed by atoms with van der Waals surface area (Å²) < 4.78 is 0. The van der Waals surface area contributed by atoms with Crippen LogP contribution in [0.2, 0.25) is 0 Å². The maximum atomic E-state index is 6.36. The van der Waals surface area contributed by atoms with E-state index in [-0.39, 0.29) is 5.92 Å². The minimum absolute atomic E-state index is 0.287. The molecule has 0 spiro atoms. The molecule has 0 fully saturated rings. The van der Waals surface area contributed by atoms with Crippen molar-refractivity contribution in [2.75, 3.05) is 5.73 Å². The first-order chi connectivity index (χ1) is 11.3. The van der Waals surface area contributed by atoms with Crippen molar-refractivity contribution in [3.63, 3.8) is 0 Å². The van der Waals surface area contributed by atoms with Crippen LogP contribution in [-0.2, 0) is 0 Å². The minimum atomic E-state index is 0.287. The molecule has 4 aromatic rings. The van der Waals surface area contributed by atoms with Gasteiger partial charge in [-0.15, -0.1) is 0 Å². The lowest BCUT2D eigenvalue weighted by molar-refractivity contribution is 0.943. The van der Waals surface area contributed by atoms with Crippen LogP contribution in [0.4, 0.5) is 5.69 Å². The topological polar surface area (TPSA) is 26.0 Å². The normalized spacial score (nSPS) is 12.6. The number of nitrogens with two attached hydrogens (primary N) is 1. The SMILES string of the molecule is C[C@H](c1ccccc1)c1c2ccccc2cc2cccc(N)c12. The highest BCUT2D eigenvalue weighted by molar-refractivity contribution is 6.07. The summed E-state index contributed by atoms with van der Waals surface area (Å²) in [6.07, 6.45) is 0. The quantitative estimate of drug-likeness (QED) is 0.371. The summed E-state index contributed by atoms with van der Waals surface area (Å²) in [5, 5.41) is 4.95. The van der Waals surface area contributed by atoms with Crippen LogP contribution in [0.25, 0.3) is 21.5 Å². The molecule has 0 heterocycles. The molecule has 0 aliphatic heterocycles. The van der Waals surface area contributed by atoms with Crippen LogP contribution in [-0.4, -0.2) is 0 Å². The molecule has 1 atom stereocenters. The number of fused-ring (bicyclic) bond motifs is 2. The van der Waals surface area contributed by atoms with Gasteiger partial charge in [0.15, 0.2) is 0 Å². The van der Waals surface area contributed by atoms with E-state index in [4.69, 9.17) is 5.73 Å². The third kappa shape index (κ3) is 2.25. The van der Waals surface area contributed by atoms with Gasteiger partial charge in [-0.3, -0.25) is 0 Å². The van der Waals surface area contributed by atoms with Gasteiger partial charge >= 0.3 is 0 Å². The van der Waals surface area contributed by atoms with Gasteiger partial charge in [0, 0.05) is 17.0 Å². The standard InChI is InChI=1S/C22H19N/c1-15(16-8-3-2-4-9-16)21-19-12-6-5-10-17(19)14-18-11-7-13-20(23)22(18)21/h2-15H,23H2,1H3/t15-/m1/s1. The summed E-state index contributed by atoms with van der Waals surface area (Å²) in [7, 11) is 0. The van der Waals surface area contributed by atoms with E-state index in [0.29, 0.717) is 0 Å². The van der Waals surface area contributed by atoms with E-state index < -0.39 is 0 Å². The molecular formula is C22H19N. The Labute approximate surface area is 136 Å². The number of anilines is 1. The fourth-order valence-corrected chi connectivity index (χ4v) is 3.55. The molecule has 0 bridgehead atoms. The van der Waals surface area contributed by atoms with Crippen LogP contribution in [0.5, 0.6) is 0 Å². The van der Waals surface area contributed by atoms with Gasteiger partial charge in [0.1, 0.15) is 0 Å². The van der Waals surface area contributed by atoms with Gasteiger partial charge in [0.05, 0.1) is 0 Å². The zero-order chi connectivity index (χ0) is 15.8. The van der Waals surface area contributed by atoms with Crippen LogP contribution < -0.4 is 5.73 Å². The van der Waals surface area contributed by atoms with Crippen molar-refractivity contribution in [1.82, 2.24) is 0 Å². The summed E-state index contributed by atoms with van der Waals surface area (Å²) in [5.41, 5.74) is 9.85. The van der Waals surface area contributed by atoms with Gasteiger partial charge in [-0.25, -0.2) is 0 Å². The molecular weight excluding hydrogens is 278 g/mol. The molecule has 4 rings (SSSR count). The fraction of sp³-hybridized carbons (Fsp3) is 0.0909. The second kappa shape index (κ2) is 5.44. The Bertz CT molecular complexity index is 987. The lowest BCUT2D eigenvalue weighted by Gasteiger charge is -2.19. The highest BCUT2D eigenvalue weighted by atomic mass is 14.6. The van der Waals surface area contributed by atoms with Gasteiger partial charge in [-0.1, -0.05) is 73.7 Å². The first-order valence-electron chi connectivity index (χ1n) is 8.00. The number of nitrogen functional groups attached to an aromatic ring is 1. The molecule has 4 aromatic carbocycles. The Morgan fingerprint density at radius 2 is 1.43 bits per heavy atom. The molecule has 0 saturated heterocycles. The Morgan fingerprint density at radius 3 is 2.26 bits per heavy atom. The van der Waals surface area contributed by atoms with Crippen molar-refractivity contribution >= 4 is 27.2 Å².